The number of aromatic nitrogens is 2. The highest BCUT2D eigenvalue weighted by Crippen LogP contribution is 2.22. The molecule has 1 heterocycles. The van der Waals surface area contributed by atoms with Gasteiger partial charge in [-0.2, -0.15) is 0 Å². The van der Waals surface area contributed by atoms with Crippen molar-refractivity contribution in [3.8, 4) is 5.75 Å². The minimum absolute atomic E-state index is 0.0560. The van der Waals surface area contributed by atoms with Crippen LogP contribution in [0.15, 0.2) is 48.5 Å². The zero-order valence-electron chi connectivity index (χ0n) is 21.0. The molecule has 0 fully saturated rings. The van der Waals surface area contributed by atoms with Gasteiger partial charge in [0.05, 0.1) is 24.2 Å². The van der Waals surface area contributed by atoms with E-state index in [1.807, 2.05) is 40.7 Å². The van der Waals surface area contributed by atoms with Gasteiger partial charge in [-0.3, -0.25) is 9.59 Å². The minimum atomic E-state index is -0.390. The van der Waals surface area contributed by atoms with Gasteiger partial charge in [-0.05, 0) is 55.2 Å². The van der Waals surface area contributed by atoms with Crippen molar-refractivity contribution in [2.45, 2.75) is 47.2 Å². The van der Waals surface area contributed by atoms with E-state index in [1.54, 1.807) is 31.4 Å². The van der Waals surface area contributed by atoms with E-state index in [9.17, 15) is 9.59 Å². The SMILES string of the molecule is COc1ccc(C(=O)NC(C)c2nc3ccccc3n2CC(=O)N(CC(C)C)CC(C)C)cc1. The quantitative estimate of drug-likeness (QED) is 0.473. The highest BCUT2D eigenvalue weighted by atomic mass is 16.5. The number of methoxy groups -OCH3 is 1. The summed E-state index contributed by atoms with van der Waals surface area (Å²) in [4.78, 5) is 33.0. The fraction of sp³-hybridized carbons (Fsp3) is 0.444. The molecule has 0 spiro atoms. The van der Waals surface area contributed by atoms with Gasteiger partial charge in [-0.25, -0.2) is 4.98 Å². The number of amides is 2. The molecule has 7 nitrogen and oxygen atoms in total. The molecule has 3 rings (SSSR count). The molecular formula is C27H36N4O3. The van der Waals surface area contributed by atoms with Crippen LogP contribution >= 0.6 is 0 Å². The van der Waals surface area contributed by atoms with Crippen molar-refractivity contribution < 1.29 is 14.3 Å². The van der Waals surface area contributed by atoms with Gasteiger partial charge >= 0.3 is 0 Å². The molecule has 1 unspecified atom stereocenters. The molecule has 34 heavy (non-hydrogen) atoms. The molecule has 0 radical (unpaired) electrons. The fourth-order valence-corrected chi connectivity index (χ4v) is 4.07. The first-order valence-corrected chi connectivity index (χ1v) is 11.9. The number of hydrogen-bond donors (Lipinski definition) is 1. The number of nitrogens with zero attached hydrogens (tertiary/aromatic N) is 3. The Morgan fingerprint density at radius 3 is 2.18 bits per heavy atom. The molecule has 2 aromatic carbocycles. The summed E-state index contributed by atoms with van der Waals surface area (Å²) in [7, 11) is 1.59. The molecule has 0 saturated heterocycles. The van der Waals surface area contributed by atoms with E-state index >= 15 is 0 Å². The Bertz CT molecular complexity index is 1110. The molecule has 7 heteroatoms. The summed E-state index contributed by atoms with van der Waals surface area (Å²) >= 11 is 0. The molecule has 1 aromatic heterocycles. The van der Waals surface area contributed by atoms with Crippen LogP contribution in [0.1, 0.15) is 56.8 Å². The largest absolute Gasteiger partial charge is 0.497 e. The zero-order chi connectivity index (χ0) is 24.8. The van der Waals surface area contributed by atoms with E-state index < -0.39 is 6.04 Å². The summed E-state index contributed by atoms with van der Waals surface area (Å²) in [6, 6.07) is 14.3. The van der Waals surface area contributed by atoms with Crippen LogP contribution in [0.5, 0.6) is 5.75 Å². The Hall–Kier alpha value is -3.35. The lowest BCUT2D eigenvalue weighted by atomic mass is 10.1. The number of carbonyl (C=O) groups is 2. The Morgan fingerprint density at radius 1 is 0.971 bits per heavy atom. The van der Waals surface area contributed by atoms with Crippen LogP contribution in [0.3, 0.4) is 0 Å². The lowest BCUT2D eigenvalue weighted by molar-refractivity contribution is -0.132. The third-order valence-electron chi connectivity index (χ3n) is 5.59. The number of hydrogen-bond acceptors (Lipinski definition) is 4. The summed E-state index contributed by atoms with van der Waals surface area (Å²) in [5.74, 6) is 1.96. The second-order valence-electron chi connectivity index (χ2n) is 9.55. The number of imidazole rings is 1. The zero-order valence-corrected chi connectivity index (χ0v) is 21.0. The Morgan fingerprint density at radius 2 is 1.59 bits per heavy atom. The Balaban J connectivity index is 1.87. The van der Waals surface area contributed by atoms with Crippen LogP contribution in [0, 0.1) is 11.8 Å². The van der Waals surface area contributed by atoms with Crippen molar-refractivity contribution in [2.24, 2.45) is 11.8 Å². The average Bonchev–Trinajstić information content (AvgIpc) is 3.16. The monoisotopic (exact) mass is 464 g/mol. The maximum absolute atomic E-state index is 13.4. The summed E-state index contributed by atoms with van der Waals surface area (Å²) in [5, 5.41) is 3.03. The van der Waals surface area contributed by atoms with Gasteiger partial charge in [-0.1, -0.05) is 39.8 Å². The topological polar surface area (TPSA) is 76.5 Å². The number of rotatable bonds is 10. The summed E-state index contributed by atoms with van der Waals surface area (Å²) in [5.41, 5.74) is 2.21. The maximum Gasteiger partial charge on any atom is 0.251 e. The van der Waals surface area contributed by atoms with E-state index in [1.165, 1.54) is 0 Å². The van der Waals surface area contributed by atoms with Gasteiger partial charge in [0.2, 0.25) is 5.91 Å². The molecule has 0 aliphatic heterocycles. The second kappa shape index (κ2) is 11.2. The van der Waals surface area contributed by atoms with Crippen molar-refractivity contribution in [2.75, 3.05) is 20.2 Å². The second-order valence-corrected chi connectivity index (χ2v) is 9.55. The lowest BCUT2D eigenvalue weighted by Gasteiger charge is -2.27. The first kappa shape index (κ1) is 25.3. The summed E-state index contributed by atoms with van der Waals surface area (Å²) in [6.45, 7) is 12.0. The van der Waals surface area contributed by atoms with Gasteiger partial charge in [0.15, 0.2) is 0 Å². The van der Waals surface area contributed by atoms with Gasteiger partial charge < -0.3 is 19.5 Å². The maximum atomic E-state index is 13.4. The van der Waals surface area contributed by atoms with Crippen molar-refractivity contribution in [1.82, 2.24) is 19.8 Å². The third kappa shape index (κ3) is 6.16. The van der Waals surface area contributed by atoms with Crippen LogP contribution in [0.25, 0.3) is 11.0 Å². The average molecular weight is 465 g/mol. The van der Waals surface area contributed by atoms with E-state index in [0.29, 0.717) is 42.1 Å². The highest BCUT2D eigenvalue weighted by molar-refractivity contribution is 5.94. The van der Waals surface area contributed by atoms with Crippen LogP contribution < -0.4 is 10.1 Å². The molecule has 3 aromatic rings. The molecule has 0 aliphatic carbocycles. The van der Waals surface area contributed by atoms with Gasteiger partial charge in [0, 0.05) is 18.7 Å². The van der Waals surface area contributed by atoms with E-state index in [-0.39, 0.29) is 18.4 Å². The molecule has 0 aliphatic rings. The molecular weight excluding hydrogens is 428 g/mol. The highest BCUT2D eigenvalue weighted by Gasteiger charge is 2.23. The molecule has 2 amide bonds. The van der Waals surface area contributed by atoms with Gasteiger partial charge in [0.25, 0.3) is 5.91 Å². The van der Waals surface area contributed by atoms with Crippen molar-refractivity contribution in [1.29, 1.82) is 0 Å². The Labute approximate surface area is 202 Å². The molecule has 1 N–H and O–H groups in total. The third-order valence-corrected chi connectivity index (χ3v) is 5.59. The number of ether oxygens (including phenoxy) is 1. The first-order valence-electron chi connectivity index (χ1n) is 11.9. The molecule has 1 atom stereocenters. The molecule has 0 bridgehead atoms. The number of carbonyl (C=O) groups excluding carboxylic acids is 2. The van der Waals surface area contributed by atoms with Gasteiger partial charge in [-0.15, -0.1) is 0 Å². The van der Waals surface area contributed by atoms with Crippen LogP contribution in [-0.4, -0.2) is 46.5 Å². The van der Waals surface area contributed by atoms with Crippen molar-refractivity contribution in [3.05, 3.63) is 59.9 Å². The lowest BCUT2D eigenvalue weighted by Crippen LogP contribution is -2.39. The Kier molecular flexibility index (Phi) is 8.31. The molecule has 182 valence electrons. The summed E-state index contributed by atoms with van der Waals surface area (Å²) in [6.07, 6.45) is 0. The standard InChI is InChI=1S/C27H36N4O3/c1-18(2)15-30(16-19(3)4)25(32)17-31-24-10-8-7-9-23(24)29-26(31)20(5)28-27(33)21-11-13-22(34-6)14-12-21/h7-14,18-20H,15-17H2,1-6H3,(H,28,33). The van der Waals surface area contributed by atoms with Crippen LogP contribution in [0.2, 0.25) is 0 Å². The fourth-order valence-electron chi connectivity index (χ4n) is 4.07. The number of nitrogens with one attached hydrogen (secondary N) is 1. The van der Waals surface area contributed by atoms with Crippen molar-refractivity contribution in [3.63, 3.8) is 0 Å². The number of benzene rings is 2. The molecule has 0 saturated carbocycles. The summed E-state index contributed by atoms with van der Waals surface area (Å²) < 4.78 is 7.11. The van der Waals surface area contributed by atoms with E-state index in [4.69, 9.17) is 9.72 Å². The smallest absolute Gasteiger partial charge is 0.251 e. The number of para-hydroxylation sites is 2. The normalized spacial score (nSPS) is 12.2. The minimum Gasteiger partial charge on any atom is -0.497 e. The van der Waals surface area contributed by atoms with Crippen LogP contribution in [-0.2, 0) is 11.3 Å². The van der Waals surface area contributed by atoms with E-state index in [0.717, 1.165) is 11.0 Å². The van der Waals surface area contributed by atoms with Crippen LogP contribution in [0.4, 0.5) is 0 Å². The predicted molar refractivity (Wildman–Crippen MR) is 135 cm³/mol. The first-order chi connectivity index (χ1) is 16.2. The van der Waals surface area contributed by atoms with Gasteiger partial charge in [0.1, 0.15) is 18.1 Å². The van der Waals surface area contributed by atoms with E-state index in [2.05, 4.69) is 33.0 Å². The van der Waals surface area contributed by atoms with Crippen molar-refractivity contribution >= 4 is 22.8 Å². The predicted octanol–water partition coefficient (Wildman–Crippen LogP) is 4.68. The number of fused-ring (bicyclic) bond motifs is 1.